The van der Waals surface area contributed by atoms with Crippen LogP contribution in [0.15, 0.2) is 40.8 Å². The summed E-state index contributed by atoms with van der Waals surface area (Å²) in [4.78, 5) is 17.1. The maximum absolute atomic E-state index is 12.7. The van der Waals surface area contributed by atoms with Gasteiger partial charge in [-0.15, -0.1) is 0 Å². The number of hydrogen-bond acceptors (Lipinski definition) is 6. The Labute approximate surface area is 166 Å². The third-order valence-corrected chi connectivity index (χ3v) is 5.38. The first kappa shape index (κ1) is 18.2. The number of benzene rings is 2. The van der Waals surface area contributed by atoms with E-state index in [2.05, 4.69) is 14.7 Å². The van der Waals surface area contributed by atoms with Gasteiger partial charge in [0, 0.05) is 28.0 Å². The third kappa shape index (κ3) is 3.25. The number of ether oxygens (including phenoxy) is 1. The van der Waals surface area contributed by atoms with Crippen LogP contribution in [-0.2, 0) is 0 Å². The van der Waals surface area contributed by atoms with Crippen molar-refractivity contribution >= 4 is 33.5 Å². The van der Waals surface area contributed by atoms with E-state index in [1.807, 2.05) is 57.2 Å². The Kier molecular flexibility index (Phi) is 4.60. The minimum atomic E-state index is -0.332. The van der Waals surface area contributed by atoms with Crippen LogP contribution < -0.4 is 10.1 Å². The molecule has 0 radical (unpaired) electrons. The van der Waals surface area contributed by atoms with Gasteiger partial charge in [-0.2, -0.15) is 9.36 Å². The van der Waals surface area contributed by atoms with Crippen LogP contribution in [0.25, 0.3) is 22.4 Å². The number of methoxy groups -OCH3 is 1. The number of nitrogens with zero attached hydrogens (tertiary/aromatic N) is 2. The number of aryl methyl sites for hydroxylation is 3. The van der Waals surface area contributed by atoms with E-state index < -0.39 is 0 Å². The molecule has 1 N–H and O–H groups in total. The van der Waals surface area contributed by atoms with Gasteiger partial charge in [0.2, 0.25) is 5.13 Å². The topological polar surface area (TPSA) is 77.2 Å². The molecule has 0 aliphatic rings. The zero-order chi connectivity index (χ0) is 19.8. The number of hydrogen-bond donors (Lipinski definition) is 1. The van der Waals surface area contributed by atoms with E-state index in [1.54, 1.807) is 7.11 Å². The standard InChI is InChI=1S/C21H19N3O3S/c1-11-9-16-13(3)18(27-17(16)10-12(11)2)20(25)23-21-22-19(24-28-21)14-5-7-15(26-4)8-6-14/h5-10H,1-4H3,(H,22,23,24,25). The summed E-state index contributed by atoms with van der Waals surface area (Å²) in [5.74, 6) is 1.27. The van der Waals surface area contributed by atoms with Gasteiger partial charge in [-0.25, -0.2) is 0 Å². The second-order valence-corrected chi connectivity index (χ2v) is 7.35. The Morgan fingerprint density at radius 1 is 1.11 bits per heavy atom. The summed E-state index contributed by atoms with van der Waals surface area (Å²) in [6, 6.07) is 11.4. The number of furan rings is 1. The van der Waals surface area contributed by atoms with Crippen LogP contribution in [0.1, 0.15) is 27.2 Å². The monoisotopic (exact) mass is 393 g/mol. The van der Waals surface area contributed by atoms with Gasteiger partial charge in [-0.05, 0) is 68.3 Å². The highest BCUT2D eigenvalue weighted by atomic mass is 32.1. The highest BCUT2D eigenvalue weighted by Gasteiger charge is 2.20. The van der Waals surface area contributed by atoms with Crippen molar-refractivity contribution in [1.82, 2.24) is 9.36 Å². The SMILES string of the molecule is COc1ccc(-c2nsc(NC(=O)c3oc4cc(C)c(C)cc4c3C)n2)cc1. The highest BCUT2D eigenvalue weighted by Crippen LogP contribution is 2.29. The van der Waals surface area contributed by atoms with Crippen molar-refractivity contribution in [2.75, 3.05) is 12.4 Å². The van der Waals surface area contributed by atoms with Crippen molar-refractivity contribution in [1.29, 1.82) is 0 Å². The first-order chi connectivity index (χ1) is 13.5. The molecule has 0 saturated carbocycles. The minimum absolute atomic E-state index is 0.293. The van der Waals surface area contributed by atoms with Gasteiger partial charge in [0.1, 0.15) is 11.3 Å². The molecule has 1 amide bonds. The first-order valence-corrected chi connectivity index (χ1v) is 9.53. The number of aromatic nitrogens is 2. The maximum Gasteiger partial charge on any atom is 0.293 e. The fourth-order valence-corrected chi connectivity index (χ4v) is 3.56. The highest BCUT2D eigenvalue weighted by molar-refractivity contribution is 7.10. The van der Waals surface area contributed by atoms with E-state index in [-0.39, 0.29) is 5.91 Å². The van der Waals surface area contributed by atoms with Crippen LogP contribution in [0.4, 0.5) is 5.13 Å². The molecule has 4 rings (SSSR count). The van der Waals surface area contributed by atoms with E-state index in [1.165, 1.54) is 0 Å². The largest absolute Gasteiger partial charge is 0.497 e. The normalized spacial score (nSPS) is 11.0. The van der Waals surface area contributed by atoms with E-state index in [9.17, 15) is 4.79 Å². The van der Waals surface area contributed by atoms with Crippen molar-refractivity contribution in [3.05, 3.63) is 58.8 Å². The number of carbonyl (C=O) groups excluding carboxylic acids is 1. The molecule has 2 heterocycles. The Morgan fingerprint density at radius 3 is 2.54 bits per heavy atom. The van der Waals surface area contributed by atoms with Crippen molar-refractivity contribution in [2.45, 2.75) is 20.8 Å². The molecule has 0 fully saturated rings. The van der Waals surface area contributed by atoms with E-state index in [0.29, 0.717) is 22.3 Å². The van der Waals surface area contributed by atoms with Gasteiger partial charge in [-0.1, -0.05) is 0 Å². The van der Waals surface area contributed by atoms with Crippen LogP contribution in [0.3, 0.4) is 0 Å². The van der Waals surface area contributed by atoms with Crippen LogP contribution in [-0.4, -0.2) is 22.4 Å². The number of rotatable bonds is 4. The van der Waals surface area contributed by atoms with Gasteiger partial charge in [0.05, 0.1) is 7.11 Å². The molecule has 2 aromatic heterocycles. The molecule has 0 unspecified atom stereocenters. The van der Waals surface area contributed by atoms with Crippen LogP contribution in [0, 0.1) is 20.8 Å². The molecule has 28 heavy (non-hydrogen) atoms. The van der Waals surface area contributed by atoms with Gasteiger partial charge in [0.15, 0.2) is 11.6 Å². The summed E-state index contributed by atoms with van der Waals surface area (Å²) in [5, 5.41) is 4.16. The lowest BCUT2D eigenvalue weighted by Crippen LogP contribution is -2.11. The fraction of sp³-hybridized carbons (Fsp3) is 0.190. The molecule has 142 valence electrons. The van der Waals surface area contributed by atoms with Crippen molar-refractivity contribution < 1.29 is 13.9 Å². The second-order valence-electron chi connectivity index (χ2n) is 6.59. The molecule has 0 spiro atoms. The van der Waals surface area contributed by atoms with Crippen LogP contribution in [0.5, 0.6) is 5.75 Å². The molecule has 6 nitrogen and oxygen atoms in total. The summed E-state index contributed by atoms with van der Waals surface area (Å²) in [6.07, 6.45) is 0. The van der Waals surface area contributed by atoms with E-state index >= 15 is 0 Å². The zero-order valence-electron chi connectivity index (χ0n) is 16.0. The average Bonchev–Trinajstić information content (AvgIpc) is 3.28. The summed E-state index contributed by atoms with van der Waals surface area (Å²) >= 11 is 1.13. The summed E-state index contributed by atoms with van der Waals surface area (Å²) < 4.78 is 15.3. The second kappa shape index (κ2) is 7.09. The summed E-state index contributed by atoms with van der Waals surface area (Å²) in [5.41, 5.74) is 4.67. The third-order valence-electron chi connectivity index (χ3n) is 4.75. The predicted octanol–water partition coefficient (Wildman–Crippen LogP) is 5.14. The lowest BCUT2D eigenvalue weighted by Gasteiger charge is -2.00. The first-order valence-electron chi connectivity index (χ1n) is 8.76. The number of nitrogens with one attached hydrogen (secondary N) is 1. The van der Waals surface area contributed by atoms with Crippen molar-refractivity contribution in [3.63, 3.8) is 0 Å². The molecule has 0 bridgehead atoms. The van der Waals surface area contributed by atoms with Gasteiger partial charge in [0.25, 0.3) is 5.91 Å². The number of amides is 1. The van der Waals surface area contributed by atoms with Gasteiger partial charge in [-0.3, -0.25) is 10.1 Å². The molecule has 0 atom stereocenters. The van der Waals surface area contributed by atoms with Crippen LogP contribution >= 0.6 is 11.5 Å². The number of fused-ring (bicyclic) bond motifs is 1. The zero-order valence-corrected chi connectivity index (χ0v) is 16.8. The molecular formula is C21H19N3O3S. The average molecular weight is 393 g/mol. The molecule has 4 aromatic rings. The Hall–Kier alpha value is -3.19. The summed E-state index contributed by atoms with van der Waals surface area (Å²) in [6.45, 7) is 5.95. The molecule has 7 heteroatoms. The molecular weight excluding hydrogens is 374 g/mol. The molecule has 0 aliphatic carbocycles. The van der Waals surface area contributed by atoms with E-state index in [4.69, 9.17) is 9.15 Å². The lowest BCUT2D eigenvalue weighted by molar-refractivity contribution is 0.0998. The Morgan fingerprint density at radius 2 is 1.82 bits per heavy atom. The van der Waals surface area contributed by atoms with Crippen LogP contribution in [0.2, 0.25) is 0 Å². The number of carbonyl (C=O) groups is 1. The smallest absolute Gasteiger partial charge is 0.293 e. The fourth-order valence-electron chi connectivity index (χ4n) is 2.98. The quantitative estimate of drug-likeness (QED) is 0.520. The van der Waals surface area contributed by atoms with Crippen molar-refractivity contribution in [3.8, 4) is 17.1 Å². The Bertz CT molecular complexity index is 1180. The number of anilines is 1. The van der Waals surface area contributed by atoms with E-state index in [0.717, 1.165) is 44.9 Å². The lowest BCUT2D eigenvalue weighted by atomic mass is 10.1. The maximum atomic E-state index is 12.7. The summed E-state index contributed by atoms with van der Waals surface area (Å²) in [7, 11) is 1.62. The van der Waals surface area contributed by atoms with Crippen molar-refractivity contribution in [2.24, 2.45) is 0 Å². The molecule has 0 aliphatic heterocycles. The van der Waals surface area contributed by atoms with Gasteiger partial charge >= 0.3 is 0 Å². The Balaban J connectivity index is 1.58. The molecule has 0 saturated heterocycles. The van der Waals surface area contributed by atoms with Gasteiger partial charge < -0.3 is 9.15 Å². The molecule has 2 aromatic carbocycles. The predicted molar refractivity (Wildman–Crippen MR) is 110 cm³/mol. The minimum Gasteiger partial charge on any atom is -0.497 e.